The maximum atomic E-state index is 13.2. The molecule has 1 fully saturated rings. The van der Waals surface area contributed by atoms with E-state index in [0.29, 0.717) is 24.1 Å². The molecule has 2 aromatic carbocycles. The van der Waals surface area contributed by atoms with Crippen LogP contribution in [0.5, 0.6) is 0 Å². The van der Waals surface area contributed by atoms with Gasteiger partial charge < -0.3 is 9.47 Å². The Bertz CT molecular complexity index is 1230. The molecule has 0 amide bonds. The summed E-state index contributed by atoms with van der Waals surface area (Å²) in [6.45, 7) is 1.21. The molecule has 4 rings (SSSR count). The molecule has 0 bridgehead atoms. The number of carbonyl (C=O) groups is 2. The van der Waals surface area contributed by atoms with Crippen LogP contribution in [0.2, 0.25) is 0 Å². The number of rotatable bonds is 4. The molecule has 156 valence electrons. The van der Waals surface area contributed by atoms with Crippen molar-refractivity contribution in [2.45, 2.75) is 4.90 Å². The van der Waals surface area contributed by atoms with Crippen molar-refractivity contribution < 1.29 is 27.5 Å². The molecule has 0 spiro atoms. The Morgan fingerprint density at radius 3 is 2.50 bits per heavy atom. The third-order valence-corrected chi connectivity index (χ3v) is 6.92. The van der Waals surface area contributed by atoms with E-state index >= 15 is 0 Å². The van der Waals surface area contributed by atoms with E-state index in [2.05, 4.69) is 0 Å². The molecule has 0 saturated carbocycles. The average Bonchev–Trinajstić information content (AvgIpc) is 3.18. The van der Waals surface area contributed by atoms with Crippen molar-refractivity contribution in [2.75, 3.05) is 33.4 Å². The minimum Gasteiger partial charge on any atom is -0.465 e. The molecular weight excluding hydrogens is 408 g/mol. The number of benzene rings is 2. The fraction of sp³-hybridized carbons (Fsp3) is 0.238. The quantitative estimate of drug-likeness (QED) is 0.591. The van der Waals surface area contributed by atoms with Gasteiger partial charge in [-0.15, -0.1) is 0 Å². The van der Waals surface area contributed by atoms with Gasteiger partial charge in [-0.2, -0.15) is 4.31 Å². The lowest BCUT2D eigenvalue weighted by Gasteiger charge is -2.26. The number of aromatic nitrogens is 1. The monoisotopic (exact) mass is 428 g/mol. The minimum absolute atomic E-state index is 0.0416. The van der Waals surface area contributed by atoms with Crippen molar-refractivity contribution in [2.24, 2.45) is 0 Å². The lowest BCUT2D eigenvalue weighted by molar-refractivity contribution is 0.0603. The number of esters is 1. The standard InChI is InChI=1S/C21H20N2O6S/c1-28-21(25)18-14-23(19-8-3-2-7-17(18)19)20(24)15-5-4-6-16(13-15)30(26,27)22-9-11-29-12-10-22/h2-8,13-14H,9-12H2,1H3. The van der Waals surface area contributed by atoms with Crippen LogP contribution in [0.25, 0.3) is 10.9 Å². The molecule has 3 aromatic rings. The number of methoxy groups -OCH3 is 1. The van der Waals surface area contributed by atoms with E-state index in [-0.39, 0.29) is 29.1 Å². The summed E-state index contributed by atoms with van der Waals surface area (Å²) in [5.41, 5.74) is 0.990. The summed E-state index contributed by atoms with van der Waals surface area (Å²) >= 11 is 0. The molecule has 9 heteroatoms. The van der Waals surface area contributed by atoms with Crippen LogP contribution in [0.3, 0.4) is 0 Å². The number of hydrogen-bond acceptors (Lipinski definition) is 6. The van der Waals surface area contributed by atoms with Gasteiger partial charge in [-0.1, -0.05) is 24.3 Å². The highest BCUT2D eigenvalue weighted by Crippen LogP contribution is 2.24. The van der Waals surface area contributed by atoms with Crippen molar-refractivity contribution in [3.8, 4) is 0 Å². The normalized spacial score (nSPS) is 15.2. The predicted molar refractivity (Wildman–Crippen MR) is 109 cm³/mol. The van der Waals surface area contributed by atoms with Crippen LogP contribution >= 0.6 is 0 Å². The van der Waals surface area contributed by atoms with Crippen molar-refractivity contribution in [3.63, 3.8) is 0 Å². The Hall–Kier alpha value is -3.01. The molecule has 2 heterocycles. The number of fused-ring (bicyclic) bond motifs is 1. The van der Waals surface area contributed by atoms with E-state index in [1.807, 2.05) is 0 Å². The van der Waals surface area contributed by atoms with E-state index in [1.54, 1.807) is 30.3 Å². The van der Waals surface area contributed by atoms with E-state index in [9.17, 15) is 18.0 Å². The third kappa shape index (κ3) is 3.51. The molecule has 0 radical (unpaired) electrons. The SMILES string of the molecule is COC(=O)c1cn(C(=O)c2cccc(S(=O)(=O)N3CCOCC3)c2)c2ccccc12. The topological polar surface area (TPSA) is 94.9 Å². The first-order valence-electron chi connectivity index (χ1n) is 9.34. The van der Waals surface area contributed by atoms with Gasteiger partial charge in [-0.25, -0.2) is 13.2 Å². The first kappa shape index (κ1) is 20.3. The van der Waals surface area contributed by atoms with Crippen LogP contribution in [-0.4, -0.2) is 62.6 Å². The molecular formula is C21H20N2O6S. The minimum atomic E-state index is -3.74. The summed E-state index contributed by atoms with van der Waals surface area (Å²) in [6.07, 6.45) is 1.42. The summed E-state index contributed by atoms with van der Waals surface area (Å²) in [7, 11) is -2.46. The first-order valence-corrected chi connectivity index (χ1v) is 10.8. The lowest BCUT2D eigenvalue weighted by atomic mass is 10.2. The van der Waals surface area contributed by atoms with Crippen LogP contribution in [0.15, 0.2) is 59.6 Å². The molecule has 1 aromatic heterocycles. The Morgan fingerprint density at radius 1 is 1.03 bits per heavy atom. The average molecular weight is 428 g/mol. The maximum Gasteiger partial charge on any atom is 0.340 e. The fourth-order valence-corrected chi connectivity index (χ4v) is 4.94. The number of nitrogens with zero attached hydrogens (tertiary/aromatic N) is 2. The number of morpholine rings is 1. The van der Waals surface area contributed by atoms with Crippen molar-refractivity contribution >= 4 is 32.8 Å². The van der Waals surface area contributed by atoms with Gasteiger partial charge in [-0.05, 0) is 24.3 Å². The predicted octanol–water partition coefficient (Wildman–Crippen LogP) is 2.14. The first-order chi connectivity index (χ1) is 14.4. The zero-order chi connectivity index (χ0) is 21.3. The smallest absolute Gasteiger partial charge is 0.340 e. The Labute approximate surface area is 173 Å². The second kappa shape index (κ2) is 8.02. The van der Waals surface area contributed by atoms with Gasteiger partial charge in [0.25, 0.3) is 5.91 Å². The van der Waals surface area contributed by atoms with Crippen LogP contribution in [0.4, 0.5) is 0 Å². The van der Waals surface area contributed by atoms with Gasteiger partial charge >= 0.3 is 5.97 Å². The molecule has 0 atom stereocenters. The lowest BCUT2D eigenvalue weighted by Crippen LogP contribution is -2.40. The van der Waals surface area contributed by atoms with E-state index in [1.165, 1.54) is 40.4 Å². The molecule has 1 aliphatic heterocycles. The van der Waals surface area contributed by atoms with Crippen molar-refractivity contribution in [1.82, 2.24) is 8.87 Å². The molecule has 1 saturated heterocycles. The van der Waals surface area contributed by atoms with Gasteiger partial charge in [0.15, 0.2) is 0 Å². The van der Waals surface area contributed by atoms with Gasteiger partial charge in [0.2, 0.25) is 10.0 Å². The summed E-state index contributed by atoms with van der Waals surface area (Å²) in [6, 6.07) is 12.9. The van der Waals surface area contributed by atoms with Crippen molar-refractivity contribution in [1.29, 1.82) is 0 Å². The van der Waals surface area contributed by atoms with Crippen molar-refractivity contribution in [3.05, 3.63) is 65.9 Å². The summed E-state index contributed by atoms with van der Waals surface area (Å²) < 4.78 is 38.6. The zero-order valence-corrected chi connectivity index (χ0v) is 17.1. The number of carbonyl (C=O) groups excluding carboxylic acids is 2. The molecule has 0 unspecified atom stereocenters. The number of para-hydroxylation sites is 1. The summed E-state index contributed by atoms with van der Waals surface area (Å²) in [5, 5.41) is 0.579. The van der Waals surface area contributed by atoms with Crippen LogP contribution in [0.1, 0.15) is 20.7 Å². The molecule has 30 heavy (non-hydrogen) atoms. The van der Waals surface area contributed by atoms with Crippen LogP contribution in [-0.2, 0) is 19.5 Å². The molecule has 0 N–H and O–H groups in total. The summed E-state index contributed by atoms with van der Waals surface area (Å²) in [5.74, 6) is -0.998. The molecule has 0 aliphatic carbocycles. The highest BCUT2D eigenvalue weighted by atomic mass is 32.2. The van der Waals surface area contributed by atoms with Crippen LogP contribution < -0.4 is 0 Å². The number of sulfonamides is 1. The number of hydrogen-bond donors (Lipinski definition) is 0. The van der Waals surface area contributed by atoms with Gasteiger partial charge in [-0.3, -0.25) is 9.36 Å². The maximum absolute atomic E-state index is 13.2. The molecule has 1 aliphatic rings. The zero-order valence-electron chi connectivity index (χ0n) is 16.3. The summed E-state index contributed by atoms with van der Waals surface area (Å²) in [4.78, 5) is 25.4. The van der Waals surface area contributed by atoms with Crippen LogP contribution in [0, 0.1) is 0 Å². The van der Waals surface area contributed by atoms with Gasteiger partial charge in [0, 0.05) is 30.2 Å². The highest BCUT2D eigenvalue weighted by Gasteiger charge is 2.27. The van der Waals surface area contributed by atoms with E-state index < -0.39 is 21.9 Å². The van der Waals surface area contributed by atoms with Gasteiger partial charge in [0.1, 0.15) is 0 Å². The highest BCUT2D eigenvalue weighted by molar-refractivity contribution is 7.89. The molecule has 8 nitrogen and oxygen atoms in total. The Morgan fingerprint density at radius 2 is 1.77 bits per heavy atom. The Kier molecular flexibility index (Phi) is 5.42. The second-order valence-corrected chi connectivity index (χ2v) is 8.71. The Balaban J connectivity index is 1.75. The third-order valence-electron chi connectivity index (χ3n) is 5.02. The number of ether oxygens (including phenoxy) is 2. The van der Waals surface area contributed by atoms with Gasteiger partial charge in [0.05, 0.1) is 36.3 Å². The fourth-order valence-electron chi connectivity index (χ4n) is 3.48. The largest absolute Gasteiger partial charge is 0.465 e. The van der Waals surface area contributed by atoms with E-state index in [0.717, 1.165) is 0 Å². The second-order valence-electron chi connectivity index (χ2n) is 6.77. The van der Waals surface area contributed by atoms with E-state index in [4.69, 9.17) is 9.47 Å².